The quantitative estimate of drug-likeness (QED) is 0.637. The number of rotatable bonds is 6. The number of benzene rings is 2. The lowest BCUT2D eigenvalue weighted by Crippen LogP contribution is -2.22. The lowest BCUT2D eigenvalue weighted by atomic mass is 9.89. The minimum Gasteiger partial charge on any atom is -0.303 e. The number of likely N-dealkylation sites (tertiary alicyclic amines) is 1. The zero-order chi connectivity index (χ0) is 16.1. The molecule has 1 aliphatic rings. The third-order valence-electron chi connectivity index (χ3n) is 4.76. The Morgan fingerprint density at radius 2 is 1.61 bits per heavy atom. The molecule has 0 aliphatic carbocycles. The van der Waals surface area contributed by atoms with Crippen molar-refractivity contribution in [3.8, 4) is 0 Å². The van der Waals surface area contributed by atoms with Gasteiger partial charge in [-0.3, -0.25) is 0 Å². The Morgan fingerprint density at radius 3 is 2.30 bits per heavy atom. The molecule has 2 aromatic rings. The smallest absolute Gasteiger partial charge is 0.0438 e. The van der Waals surface area contributed by atoms with E-state index in [1.807, 2.05) is 24.3 Å². The Labute approximate surface area is 149 Å². The summed E-state index contributed by atoms with van der Waals surface area (Å²) < 4.78 is 0. The molecule has 0 aromatic heterocycles. The van der Waals surface area contributed by atoms with Gasteiger partial charge in [-0.2, -0.15) is 0 Å². The van der Waals surface area contributed by atoms with Crippen LogP contribution in [0.4, 0.5) is 0 Å². The van der Waals surface area contributed by atoms with Crippen LogP contribution in [0.1, 0.15) is 36.3 Å². The van der Waals surface area contributed by atoms with Crippen molar-refractivity contribution in [1.82, 2.24) is 4.90 Å². The SMILES string of the molecule is Clc1ccc(C(CCN2CCCC2)Cc2ccccc2Cl)cc1. The summed E-state index contributed by atoms with van der Waals surface area (Å²) >= 11 is 12.4. The van der Waals surface area contributed by atoms with Gasteiger partial charge in [-0.15, -0.1) is 0 Å². The van der Waals surface area contributed by atoms with E-state index in [1.54, 1.807) is 0 Å². The molecule has 3 rings (SSSR count). The minimum atomic E-state index is 0.479. The topological polar surface area (TPSA) is 3.24 Å². The van der Waals surface area contributed by atoms with E-state index in [0.717, 1.165) is 29.4 Å². The zero-order valence-electron chi connectivity index (χ0n) is 13.3. The van der Waals surface area contributed by atoms with Gasteiger partial charge < -0.3 is 4.90 Å². The fourth-order valence-electron chi connectivity index (χ4n) is 3.40. The van der Waals surface area contributed by atoms with Gasteiger partial charge in [-0.05, 0) is 80.6 Å². The number of hydrogen-bond donors (Lipinski definition) is 0. The minimum absolute atomic E-state index is 0.479. The lowest BCUT2D eigenvalue weighted by molar-refractivity contribution is 0.321. The van der Waals surface area contributed by atoms with E-state index in [0.29, 0.717) is 5.92 Å². The fourth-order valence-corrected chi connectivity index (χ4v) is 3.73. The molecule has 23 heavy (non-hydrogen) atoms. The van der Waals surface area contributed by atoms with Gasteiger partial charge in [0, 0.05) is 10.0 Å². The first-order chi connectivity index (χ1) is 11.2. The van der Waals surface area contributed by atoms with Crippen molar-refractivity contribution >= 4 is 23.2 Å². The summed E-state index contributed by atoms with van der Waals surface area (Å²) in [6, 6.07) is 16.5. The van der Waals surface area contributed by atoms with E-state index in [1.165, 1.54) is 37.1 Å². The molecule has 0 saturated carbocycles. The highest BCUT2D eigenvalue weighted by molar-refractivity contribution is 6.31. The summed E-state index contributed by atoms with van der Waals surface area (Å²) in [4.78, 5) is 2.58. The fraction of sp³-hybridized carbons (Fsp3) is 0.400. The maximum Gasteiger partial charge on any atom is 0.0438 e. The molecule has 1 atom stereocenters. The molecule has 1 nitrogen and oxygen atoms in total. The van der Waals surface area contributed by atoms with Crippen LogP contribution in [0.5, 0.6) is 0 Å². The van der Waals surface area contributed by atoms with E-state index in [2.05, 4.69) is 29.2 Å². The second kappa shape index (κ2) is 8.19. The maximum absolute atomic E-state index is 6.38. The summed E-state index contributed by atoms with van der Waals surface area (Å²) in [7, 11) is 0. The Bertz CT molecular complexity index is 618. The van der Waals surface area contributed by atoms with E-state index >= 15 is 0 Å². The molecule has 1 unspecified atom stereocenters. The molecule has 0 amide bonds. The van der Waals surface area contributed by atoms with Crippen LogP contribution in [-0.4, -0.2) is 24.5 Å². The molecule has 1 heterocycles. The molecule has 2 aromatic carbocycles. The molecule has 122 valence electrons. The molecule has 1 fully saturated rings. The van der Waals surface area contributed by atoms with Gasteiger partial charge in [0.2, 0.25) is 0 Å². The average Bonchev–Trinajstić information content (AvgIpc) is 3.07. The van der Waals surface area contributed by atoms with Crippen molar-refractivity contribution in [3.05, 3.63) is 69.7 Å². The molecule has 0 bridgehead atoms. The van der Waals surface area contributed by atoms with Crippen LogP contribution in [0.2, 0.25) is 10.0 Å². The van der Waals surface area contributed by atoms with Crippen molar-refractivity contribution in [2.45, 2.75) is 31.6 Å². The highest BCUT2D eigenvalue weighted by Gasteiger charge is 2.17. The normalized spacial score (nSPS) is 16.6. The lowest BCUT2D eigenvalue weighted by Gasteiger charge is -2.22. The molecule has 0 spiro atoms. The highest BCUT2D eigenvalue weighted by Crippen LogP contribution is 2.29. The van der Waals surface area contributed by atoms with E-state index in [9.17, 15) is 0 Å². The Balaban J connectivity index is 1.74. The standard InChI is InChI=1S/C20H23Cl2N/c21-19-9-7-16(8-10-19)17(11-14-23-12-3-4-13-23)15-18-5-1-2-6-20(18)22/h1-2,5-10,17H,3-4,11-15H2. The third kappa shape index (κ3) is 4.73. The molecular formula is C20H23Cl2N. The van der Waals surface area contributed by atoms with Crippen LogP contribution in [0.25, 0.3) is 0 Å². The molecular weight excluding hydrogens is 325 g/mol. The predicted octanol–water partition coefficient (Wildman–Crippen LogP) is 5.81. The second-order valence-electron chi connectivity index (χ2n) is 6.38. The van der Waals surface area contributed by atoms with E-state index in [-0.39, 0.29) is 0 Å². The van der Waals surface area contributed by atoms with Gasteiger partial charge in [0.05, 0.1) is 0 Å². The largest absolute Gasteiger partial charge is 0.303 e. The van der Waals surface area contributed by atoms with Crippen LogP contribution in [-0.2, 0) is 6.42 Å². The molecule has 0 N–H and O–H groups in total. The molecule has 1 aliphatic heterocycles. The van der Waals surface area contributed by atoms with Crippen LogP contribution in [0.15, 0.2) is 48.5 Å². The van der Waals surface area contributed by atoms with Crippen molar-refractivity contribution in [3.63, 3.8) is 0 Å². The number of nitrogens with zero attached hydrogens (tertiary/aromatic N) is 1. The zero-order valence-corrected chi connectivity index (χ0v) is 14.9. The summed E-state index contributed by atoms with van der Waals surface area (Å²) in [5.74, 6) is 0.479. The summed E-state index contributed by atoms with van der Waals surface area (Å²) in [5.41, 5.74) is 2.59. The highest BCUT2D eigenvalue weighted by atomic mass is 35.5. The molecule has 0 radical (unpaired) electrons. The van der Waals surface area contributed by atoms with Gasteiger partial charge in [0.1, 0.15) is 0 Å². The van der Waals surface area contributed by atoms with Gasteiger partial charge in [0.25, 0.3) is 0 Å². The monoisotopic (exact) mass is 347 g/mol. The first-order valence-electron chi connectivity index (χ1n) is 8.43. The van der Waals surface area contributed by atoms with E-state index in [4.69, 9.17) is 23.2 Å². The van der Waals surface area contributed by atoms with Crippen molar-refractivity contribution in [2.24, 2.45) is 0 Å². The van der Waals surface area contributed by atoms with Gasteiger partial charge >= 0.3 is 0 Å². The first kappa shape index (κ1) is 16.8. The maximum atomic E-state index is 6.38. The van der Waals surface area contributed by atoms with Crippen LogP contribution in [0.3, 0.4) is 0 Å². The molecule has 1 saturated heterocycles. The van der Waals surface area contributed by atoms with Crippen LogP contribution < -0.4 is 0 Å². The molecule has 3 heteroatoms. The van der Waals surface area contributed by atoms with Crippen molar-refractivity contribution < 1.29 is 0 Å². The van der Waals surface area contributed by atoms with Gasteiger partial charge in [-0.1, -0.05) is 53.5 Å². The first-order valence-corrected chi connectivity index (χ1v) is 9.19. The Hall–Kier alpha value is -1.02. The van der Waals surface area contributed by atoms with Crippen LogP contribution >= 0.6 is 23.2 Å². The number of hydrogen-bond acceptors (Lipinski definition) is 1. The van der Waals surface area contributed by atoms with Crippen LogP contribution in [0, 0.1) is 0 Å². The number of halogens is 2. The third-order valence-corrected chi connectivity index (χ3v) is 5.38. The second-order valence-corrected chi connectivity index (χ2v) is 7.23. The van der Waals surface area contributed by atoms with Crippen molar-refractivity contribution in [2.75, 3.05) is 19.6 Å². The average molecular weight is 348 g/mol. The predicted molar refractivity (Wildman–Crippen MR) is 99.6 cm³/mol. The summed E-state index contributed by atoms with van der Waals surface area (Å²) in [5, 5.41) is 1.66. The Kier molecular flexibility index (Phi) is 5.99. The van der Waals surface area contributed by atoms with Gasteiger partial charge in [-0.25, -0.2) is 0 Å². The van der Waals surface area contributed by atoms with Gasteiger partial charge in [0.15, 0.2) is 0 Å². The summed E-state index contributed by atoms with van der Waals surface area (Å²) in [6.07, 6.45) is 4.83. The van der Waals surface area contributed by atoms with Crippen molar-refractivity contribution in [1.29, 1.82) is 0 Å². The Morgan fingerprint density at radius 1 is 0.913 bits per heavy atom. The summed E-state index contributed by atoms with van der Waals surface area (Å²) in [6.45, 7) is 3.66. The van der Waals surface area contributed by atoms with E-state index < -0.39 is 0 Å².